The average Bonchev–Trinajstić information content (AvgIpc) is 2.71. The van der Waals surface area contributed by atoms with Gasteiger partial charge in [0.2, 0.25) is 0 Å². The van der Waals surface area contributed by atoms with E-state index in [4.69, 9.17) is 19.9 Å². The van der Waals surface area contributed by atoms with Crippen molar-refractivity contribution in [2.75, 3.05) is 40.5 Å². The van der Waals surface area contributed by atoms with E-state index < -0.39 is 34.5 Å². The quantitative estimate of drug-likeness (QED) is 0.645. The number of ether oxygens (including phenoxy) is 3. The van der Waals surface area contributed by atoms with Crippen molar-refractivity contribution in [3.63, 3.8) is 0 Å². The van der Waals surface area contributed by atoms with E-state index >= 15 is 0 Å². The van der Waals surface area contributed by atoms with Crippen molar-refractivity contribution >= 4 is 5.91 Å². The molecule has 1 amide bonds. The molecule has 2 aromatic rings. The van der Waals surface area contributed by atoms with Gasteiger partial charge in [-0.3, -0.25) is 9.59 Å². The SMILES string of the molecule is CN(C)C[C@@]1(C)COC[C@@H](COc2ccc(-c3cc(C(N)=O)c(=O)[nH]c3C(F)(F)F)cc2)O1. The molecule has 2 heterocycles. The predicted octanol–water partition coefficient (Wildman–Crippen LogP) is 2.27. The fourth-order valence-corrected chi connectivity index (χ4v) is 3.80. The van der Waals surface area contributed by atoms with Crippen LogP contribution < -0.4 is 16.0 Å². The van der Waals surface area contributed by atoms with Gasteiger partial charge in [0, 0.05) is 12.1 Å². The number of nitrogens with two attached hydrogens (primary N) is 1. The summed E-state index contributed by atoms with van der Waals surface area (Å²) in [5.74, 6) is -0.711. The lowest BCUT2D eigenvalue weighted by atomic mass is 10.0. The van der Waals surface area contributed by atoms with Crippen LogP contribution in [-0.2, 0) is 15.7 Å². The molecule has 2 atom stereocenters. The first-order chi connectivity index (χ1) is 15.4. The molecule has 180 valence electrons. The van der Waals surface area contributed by atoms with Crippen LogP contribution in [0.4, 0.5) is 13.2 Å². The molecule has 1 fully saturated rings. The number of nitrogens with one attached hydrogen (secondary N) is 1. The summed E-state index contributed by atoms with van der Waals surface area (Å²) in [5.41, 5.74) is 1.37. The van der Waals surface area contributed by atoms with Crippen molar-refractivity contribution in [1.82, 2.24) is 9.88 Å². The van der Waals surface area contributed by atoms with Crippen LogP contribution in [0.2, 0.25) is 0 Å². The van der Waals surface area contributed by atoms with Gasteiger partial charge in [0.1, 0.15) is 35.3 Å². The summed E-state index contributed by atoms with van der Waals surface area (Å²) in [5, 5.41) is 0. The third-order valence-corrected chi connectivity index (χ3v) is 5.00. The summed E-state index contributed by atoms with van der Waals surface area (Å²) in [7, 11) is 3.88. The Balaban J connectivity index is 1.76. The lowest BCUT2D eigenvalue weighted by Crippen LogP contribution is -2.52. The monoisotopic (exact) mass is 469 g/mol. The Hall–Kier alpha value is -2.89. The number of halogens is 3. The maximum atomic E-state index is 13.5. The zero-order chi connectivity index (χ0) is 24.4. The van der Waals surface area contributed by atoms with Crippen molar-refractivity contribution in [2.24, 2.45) is 5.73 Å². The van der Waals surface area contributed by atoms with E-state index in [1.165, 1.54) is 24.3 Å². The molecule has 0 spiro atoms. The highest BCUT2D eigenvalue weighted by atomic mass is 19.4. The van der Waals surface area contributed by atoms with Gasteiger partial charge in [0.25, 0.3) is 11.5 Å². The second-order valence-electron chi connectivity index (χ2n) is 8.44. The molecule has 1 saturated heterocycles. The molecule has 0 saturated carbocycles. The Kier molecular flexibility index (Phi) is 7.15. The Morgan fingerprint density at radius 3 is 2.55 bits per heavy atom. The number of alkyl halides is 3. The van der Waals surface area contributed by atoms with E-state index in [9.17, 15) is 22.8 Å². The number of carbonyl (C=O) groups is 1. The maximum Gasteiger partial charge on any atom is 0.431 e. The van der Waals surface area contributed by atoms with Gasteiger partial charge in [-0.1, -0.05) is 12.1 Å². The maximum absolute atomic E-state index is 13.5. The van der Waals surface area contributed by atoms with Crippen LogP contribution in [0.25, 0.3) is 11.1 Å². The molecule has 11 heteroatoms. The Morgan fingerprint density at radius 1 is 1.30 bits per heavy atom. The second kappa shape index (κ2) is 9.54. The van der Waals surface area contributed by atoms with Crippen LogP contribution in [0.15, 0.2) is 35.1 Å². The molecule has 1 aliphatic heterocycles. The van der Waals surface area contributed by atoms with Gasteiger partial charge in [-0.15, -0.1) is 0 Å². The summed E-state index contributed by atoms with van der Waals surface area (Å²) >= 11 is 0. The molecule has 3 rings (SSSR count). The number of primary amides is 1. The van der Waals surface area contributed by atoms with Crippen molar-refractivity contribution in [3.8, 4) is 16.9 Å². The normalized spacial score (nSPS) is 21.2. The van der Waals surface area contributed by atoms with E-state index in [0.717, 1.165) is 6.07 Å². The first-order valence-electron chi connectivity index (χ1n) is 10.2. The second-order valence-corrected chi connectivity index (χ2v) is 8.44. The number of pyridine rings is 1. The van der Waals surface area contributed by atoms with Crippen molar-refractivity contribution in [2.45, 2.75) is 24.8 Å². The Labute approximate surface area is 188 Å². The fraction of sp³-hybridized carbons (Fsp3) is 0.455. The van der Waals surface area contributed by atoms with E-state index in [1.54, 1.807) is 4.98 Å². The smallest absolute Gasteiger partial charge is 0.431 e. The van der Waals surface area contributed by atoms with Gasteiger partial charge < -0.3 is 29.8 Å². The number of hydrogen-bond donors (Lipinski definition) is 2. The van der Waals surface area contributed by atoms with Gasteiger partial charge in [-0.25, -0.2) is 0 Å². The molecule has 8 nitrogen and oxygen atoms in total. The van der Waals surface area contributed by atoms with Crippen LogP contribution in [0, 0.1) is 0 Å². The molecule has 0 bridgehead atoms. The molecule has 0 unspecified atom stereocenters. The minimum atomic E-state index is -4.84. The summed E-state index contributed by atoms with van der Waals surface area (Å²) < 4.78 is 57.9. The molecule has 0 radical (unpaired) electrons. The molecule has 1 aromatic carbocycles. The summed E-state index contributed by atoms with van der Waals surface area (Å²) in [4.78, 5) is 27.0. The zero-order valence-electron chi connectivity index (χ0n) is 18.5. The highest BCUT2D eigenvalue weighted by Gasteiger charge is 2.36. The van der Waals surface area contributed by atoms with Crippen LogP contribution >= 0.6 is 0 Å². The third-order valence-electron chi connectivity index (χ3n) is 5.00. The predicted molar refractivity (Wildman–Crippen MR) is 114 cm³/mol. The first kappa shape index (κ1) is 24.7. The molecular formula is C22H26F3N3O5. The minimum absolute atomic E-state index is 0.129. The van der Waals surface area contributed by atoms with Crippen LogP contribution in [-0.4, -0.2) is 68.0 Å². The summed E-state index contributed by atoms with van der Waals surface area (Å²) in [6.07, 6.45) is -5.14. The van der Waals surface area contributed by atoms with Crippen LogP contribution in [0.3, 0.4) is 0 Å². The molecule has 1 aliphatic rings. The van der Waals surface area contributed by atoms with Crippen molar-refractivity contribution in [3.05, 3.63) is 51.9 Å². The number of hydrogen-bond acceptors (Lipinski definition) is 6. The zero-order valence-corrected chi connectivity index (χ0v) is 18.5. The van der Waals surface area contributed by atoms with Crippen molar-refractivity contribution < 1.29 is 32.2 Å². The van der Waals surface area contributed by atoms with Gasteiger partial charge in [0.15, 0.2) is 0 Å². The number of H-pyrrole nitrogens is 1. The lowest BCUT2D eigenvalue weighted by molar-refractivity contribution is -0.201. The van der Waals surface area contributed by atoms with Gasteiger partial charge in [0.05, 0.1) is 13.2 Å². The number of nitrogens with zero attached hydrogens (tertiary/aromatic N) is 1. The standard InChI is InChI=1S/C22H26F3N3O5/c1-21(11-28(2)3)12-31-9-15(33-21)10-32-14-6-4-13(5-7-14)16-8-17(19(26)29)20(30)27-18(16)22(23,24)25/h4-8,15H,9-12H2,1-3H3,(H2,26,29)(H,27,30)/t15-,21-/m0/s1. The van der Waals surface area contributed by atoms with Gasteiger partial charge in [-0.05, 0) is 44.8 Å². The summed E-state index contributed by atoms with van der Waals surface area (Å²) in [6.45, 7) is 3.65. The third kappa shape index (κ3) is 6.12. The number of aromatic nitrogens is 1. The number of likely N-dealkylation sites (N-methyl/N-ethyl adjacent to an activating group) is 1. The van der Waals surface area contributed by atoms with Crippen LogP contribution in [0.1, 0.15) is 23.0 Å². The van der Waals surface area contributed by atoms with Crippen LogP contribution in [0.5, 0.6) is 5.75 Å². The molecule has 33 heavy (non-hydrogen) atoms. The van der Waals surface area contributed by atoms with Gasteiger partial charge >= 0.3 is 6.18 Å². The van der Waals surface area contributed by atoms with E-state index in [1.807, 2.05) is 25.9 Å². The Morgan fingerprint density at radius 2 is 1.97 bits per heavy atom. The van der Waals surface area contributed by atoms with E-state index in [0.29, 0.717) is 25.5 Å². The minimum Gasteiger partial charge on any atom is -0.491 e. The summed E-state index contributed by atoms with van der Waals surface area (Å²) in [6, 6.07) is 6.63. The average molecular weight is 469 g/mol. The van der Waals surface area contributed by atoms with Crippen molar-refractivity contribution in [1.29, 1.82) is 0 Å². The topological polar surface area (TPSA) is 107 Å². The number of carbonyl (C=O) groups excluding carboxylic acids is 1. The van der Waals surface area contributed by atoms with Gasteiger partial charge in [-0.2, -0.15) is 13.2 Å². The number of benzene rings is 1. The number of amides is 1. The lowest BCUT2D eigenvalue weighted by Gasteiger charge is -2.39. The molecule has 0 aliphatic carbocycles. The van der Waals surface area contributed by atoms with E-state index in [-0.39, 0.29) is 23.8 Å². The Bertz CT molecular complexity index is 1050. The molecule has 1 aromatic heterocycles. The molecular weight excluding hydrogens is 443 g/mol. The first-order valence-corrected chi connectivity index (χ1v) is 10.2. The largest absolute Gasteiger partial charge is 0.491 e. The van der Waals surface area contributed by atoms with E-state index in [2.05, 4.69) is 0 Å². The highest BCUT2D eigenvalue weighted by molar-refractivity contribution is 5.94. The number of aromatic amines is 1. The number of rotatable bonds is 7. The molecule has 3 N–H and O–H groups in total. The highest BCUT2D eigenvalue weighted by Crippen LogP contribution is 2.35. The fourth-order valence-electron chi connectivity index (χ4n) is 3.80.